The van der Waals surface area contributed by atoms with Crippen LogP contribution in [0.2, 0.25) is 0 Å². The monoisotopic (exact) mass is 239 g/mol. The lowest BCUT2D eigenvalue weighted by atomic mass is 10.2. The van der Waals surface area contributed by atoms with Gasteiger partial charge in [0.25, 0.3) is 5.91 Å². The number of anilines is 1. The lowest BCUT2D eigenvalue weighted by Crippen LogP contribution is -2.14. The average molecular weight is 239 g/mol. The standard InChI is InChI=1S/C12H9N5O/c18-11(16-12-14-3-1-4-15-12)9-2-5-17-8-13-7-10(17)6-9/h1-8H,(H,14,15,16,18). The molecule has 0 aliphatic rings. The maximum absolute atomic E-state index is 12.0. The summed E-state index contributed by atoms with van der Waals surface area (Å²) >= 11 is 0. The topological polar surface area (TPSA) is 72.2 Å². The molecule has 0 spiro atoms. The molecular weight excluding hydrogens is 230 g/mol. The van der Waals surface area contributed by atoms with E-state index in [0.717, 1.165) is 5.52 Å². The van der Waals surface area contributed by atoms with Gasteiger partial charge in [0.1, 0.15) is 0 Å². The molecule has 3 aromatic rings. The minimum atomic E-state index is -0.245. The number of carbonyl (C=O) groups excluding carboxylic acids is 1. The Labute approximate surface area is 102 Å². The second-order valence-electron chi connectivity index (χ2n) is 3.67. The molecule has 0 unspecified atom stereocenters. The molecule has 0 saturated heterocycles. The summed E-state index contributed by atoms with van der Waals surface area (Å²) in [4.78, 5) is 23.8. The van der Waals surface area contributed by atoms with E-state index in [-0.39, 0.29) is 11.9 Å². The third kappa shape index (κ3) is 1.91. The fraction of sp³-hybridized carbons (Fsp3) is 0. The highest BCUT2D eigenvalue weighted by Crippen LogP contribution is 2.08. The van der Waals surface area contributed by atoms with Gasteiger partial charge in [-0.25, -0.2) is 15.0 Å². The molecule has 0 saturated carbocycles. The lowest BCUT2D eigenvalue weighted by molar-refractivity contribution is 0.102. The van der Waals surface area contributed by atoms with E-state index in [1.807, 2.05) is 4.40 Å². The third-order valence-corrected chi connectivity index (χ3v) is 2.47. The summed E-state index contributed by atoms with van der Waals surface area (Å²) < 4.78 is 1.83. The van der Waals surface area contributed by atoms with E-state index in [1.165, 1.54) is 0 Å². The number of hydrogen-bond donors (Lipinski definition) is 1. The van der Waals surface area contributed by atoms with E-state index in [0.29, 0.717) is 5.56 Å². The second-order valence-corrected chi connectivity index (χ2v) is 3.67. The van der Waals surface area contributed by atoms with Gasteiger partial charge in [-0.05, 0) is 18.2 Å². The molecule has 88 valence electrons. The van der Waals surface area contributed by atoms with Crippen molar-refractivity contribution in [3.63, 3.8) is 0 Å². The number of amides is 1. The van der Waals surface area contributed by atoms with Crippen LogP contribution in [-0.4, -0.2) is 25.3 Å². The summed E-state index contributed by atoms with van der Waals surface area (Å²) in [6.45, 7) is 0. The van der Waals surface area contributed by atoms with Gasteiger partial charge in [0.15, 0.2) is 0 Å². The molecule has 0 fully saturated rings. The molecule has 0 radical (unpaired) electrons. The zero-order chi connectivity index (χ0) is 12.4. The van der Waals surface area contributed by atoms with Gasteiger partial charge in [-0.2, -0.15) is 0 Å². The maximum Gasteiger partial charge on any atom is 0.258 e. The summed E-state index contributed by atoms with van der Waals surface area (Å²) in [5, 5.41) is 2.62. The largest absolute Gasteiger partial charge is 0.306 e. The normalized spacial score (nSPS) is 10.4. The summed E-state index contributed by atoms with van der Waals surface area (Å²) in [5.41, 5.74) is 1.40. The molecule has 0 bridgehead atoms. The van der Waals surface area contributed by atoms with Crippen LogP contribution in [-0.2, 0) is 0 Å². The number of nitrogens with zero attached hydrogens (tertiary/aromatic N) is 4. The van der Waals surface area contributed by atoms with Crippen molar-refractivity contribution in [2.45, 2.75) is 0 Å². The number of fused-ring (bicyclic) bond motifs is 1. The quantitative estimate of drug-likeness (QED) is 0.733. The Morgan fingerprint density at radius 2 is 2.11 bits per heavy atom. The summed E-state index contributed by atoms with van der Waals surface area (Å²) in [5.74, 6) is 0.0424. The number of pyridine rings is 1. The Morgan fingerprint density at radius 3 is 2.94 bits per heavy atom. The molecule has 3 aromatic heterocycles. The van der Waals surface area contributed by atoms with Crippen LogP contribution >= 0.6 is 0 Å². The number of carbonyl (C=O) groups is 1. The first-order chi connectivity index (χ1) is 8.83. The van der Waals surface area contributed by atoms with Gasteiger partial charge in [-0.1, -0.05) is 0 Å². The van der Waals surface area contributed by atoms with Crippen molar-refractivity contribution in [3.8, 4) is 0 Å². The molecular formula is C12H9N5O. The molecule has 18 heavy (non-hydrogen) atoms. The van der Waals surface area contributed by atoms with Crippen molar-refractivity contribution in [2.75, 3.05) is 5.32 Å². The second kappa shape index (κ2) is 4.25. The van der Waals surface area contributed by atoms with E-state index >= 15 is 0 Å². The van der Waals surface area contributed by atoms with Crippen LogP contribution < -0.4 is 5.32 Å². The lowest BCUT2D eigenvalue weighted by Gasteiger charge is -2.03. The van der Waals surface area contributed by atoms with E-state index < -0.39 is 0 Å². The van der Waals surface area contributed by atoms with Crippen LogP contribution in [0.1, 0.15) is 10.4 Å². The Bertz CT molecular complexity index is 692. The Balaban J connectivity index is 1.87. The van der Waals surface area contributed by atoms with Gasteiger partial charge in [0.2, 0.25) is 5.95 Å². The van der Waals surface area contributed by atoms with Gasteiger partial charge in [-0.3, -0.25) is 10.1 Å². The van der Waals surface area contributed by atoms with E-state index in [9.17, 15) is 4.79 Å². The van der Waals surface area contributed by atoms with Gasteiger partial charge in [0.05, 0.1) is 18.0 Å². The van der Waals surface area contributed by atoms with Crippen molar-refractivity contribution >= 4 is 17.4 Å². The summed E-state index contributed by atoms with van der Waals surface area (Å²) in [7, 11) is 0. The minimum Gasteiger partial charge on any atom is -0.306 e. The first-order valence-electron chi connectivity index (χ1n) is 5.33. The molecule has 0 aliphatic heterocycles. The van der Waals surface area contributed by atoms with Crippen molar-refractivity contribution in [3.05, 3.63) is 54.9 Å². The van der Waals surface area contributed by atoms with Crippen molar-refractivity contribution in [1.82, 2.24) is 19.4 Å². The Hall–Kier alpha value is -2.76. The molecule has 3 rings (SSSR count). The van der Waals surface area contributed by atoms with Crippen molar-refractivity contribution in [1.29, 1.82) is 0 Å². The predicted octanol–water partition coefficient (Wildman–Crippen LogP) is 1.38. The van der Waals surface area contributed by atoms with Gasteiger partial charge in [0, 0.05) is 24.2 Å². The smallest absolute Gasteiger partial charge is 0.258 e. The number of hydrogen-bond acceptors (Lipinski definition) is 4. The first kappa shape index (κ1) is 10.4. The fourth-order valence-corrected chi connectivity index (χ4v) is 1.60. The molecule has 0 aromatic carbocycles. The Kier molecular flexibility index (Phi) is 2.45. The molecule has 0 atom stereocenters. The van der Waals surface area contributed by atoms with E-state index in [4.69, 9.17) is 0 Å². The summed E-state index contributed by atoms with van der Waals surface area (Å²) in [6, 6.07) is 5.16. The fourth-order valence-electron chi connectivity index (χ4n) is 1.60. The highest BCUT2D eigenvalue weighted by molar-refractivity contribution is 6.03. The van der Waals surface area contributed by atoms with Crippen molar-refractivity contribution < 1.29 is 4.79 Å². The van der Waals surface area contributed by atoms with Crippen LogP contribution in [0, 0.1) is 0 Å². The third-order valence-electron chi connectivity index (χ3n) is 2.47. The molecule has 0 aliphatic carbocycles. The zero-order valence-corrected chi connectivity index (χ0v) is 9.32. The van der Waals surface area contributed by atoms with E-state index in [1.54, 1.807) is 49.3 Å². The minimum absolute atomic E-state index is 0.245. The number of imidazole rings is 1. The van der Waals surface area contributed by atoms with Gasteiger partial charge < -0.3 is 4.40 Å². The zero-order valence-electron chi connectivity index (χ0n) is 9.32. The maximum atomic E-state index is 12.0. The summed E-state index contributed by atoms with van der Waals surface area (Å²) in [6.07, 6.45) is 8.29. The molecule has 1 N–H and O–H groups in total. The first-order valence-corrected chi connectivity index (χ1v) is 5.33. The van der Waals surface area contributed by atoms with Crippen LogP contribution in [0.3, 0.4) is 0 Å². The van der Waals surface area contributed by atoms with Gasteiger partial charge in [-0.15, -0.1) is 0 Å². The SMILES string of the molecule is O=C(Nc1ncccn1)c1ccn2cncc2c1. The molecule has 3 heterocycles. The molecule has 6 heteroatoms. The average Bonchev–Trinajstić information content (AvgIpc) is 2.87. The van der Waals surface area contributed by atoms with Crippen LogP contribution in [0.25, 0.3) is 5.52 Å². The molecule has 1 amide bonds. The van der Waals surface area contributed by atoms with Crippen LogP contribution in [0.4, 0.5) is 5.95 Å². The van der Waals surface area contributed by atoms with E-state index in [2.05, 4.69) is 20.3 Å². The predicted molar refractivity (Wildman–Crippen MR) is 65.2 cm³/mol. The van der Waals surface area contributed by atoms with Crippen LogP contribution in [0.15, 0.2) is 49.3 Å². The number of rotatable bonds is 2. The van der Waals surface area contributed by atoms with Gasteiger partial charge >= 0.3 is 0 Å². The highest BCUT2D eigenvalue weighted by atomic mass is 16.1. The van der Waals surface area contributed by atoms with Crippen molar-refractivity contribution in [2.24, 2.45) is 0 Å². The number of aromatic nitrogens is 4. The van der Waals surface area contributed by atoms with Crippen LogP contribution in [0.5, 0.6) is 0 Å². The number of nitrogens with one attached hydrogen (secondary N) is 1. The highest BCUT2D eigenvalue weighted by Gasteiger charge is 2.08. The molecule has 6 nitrogen and oxygen atoms in total. The Morgan fingerprint density at radius 1 is 1.28 bits per heavy atom.